The normalized spacial score (nSPS) is 25.2. The highest BCUT2D eigenvalue weighted by Crippen LogP contribution is 2.17. The average Bonchev–Trinajstić information content (AvgIpc) is 2.73. The molecule has 2 aliphatic heterocycles. The Hall–Kier alpha value is -0.770. The van der Waals surface area contributed by atoms with Crippen molar-refractivity contribution >= 4 is 6.03 Å². The molecule has 2 heterocycles. The van der Waals surface area contributed by atoms with E-state index in [-0.39, 0.29) is 12.1 Å². The molecule has 0 N–H and O–H groups in total. The SMILES string of the molecule is CCCOC1CCCN(C(=O)N2CCCCCC2)C1. The van der Waals surface area contributed by atoms with Crippen LogP contribution in [0.2, 0.25) is 0 Å². The second-order valence-electron chi connectivity index (χ2n) is 5.76. The Labute approximate surface area is 117 Å². The maximum Gasteiger partial charge on any atom is 0.320 e. The Morgan fingerprint density at radius 3 is 2.42 bits per heavy atom. The summed E-state index contributed by atoms with van der Waals surface area (Å²) in [6.07, 6.45) is 8.35. The number of piperidine rings is 1. The molecule has 4 nitrogen and oxygen atoms in total. The van der Waals surface area contributed by atoms with E-state index in [0.29, 0.717) is 0 Å². The van der Waals surface area contributed by atoms with Crippen LogP contribution in [0.5, 0.6) is 0 Å². The third-order valence-corrected chi connectivity index (χ3v) is 4.08. The van der Waals surface area contributed by atoms with Gasteiger partial charge in [-0.3, -0.25) is 0 Å². The quantitative estimate of drug-likeness (QED) is 0.788. The minimum absolute atomic E-state index is 0.242. The van der Waals surface area contributed by atoms with Gasteiger partial charge in [0, 0.05) is 32.8 Å². The molecule has 1 atom stereocenters. The van der Waals surface area contributed by atoms with Crippen molar-refractivity contribution in [3.63, 3.8) is 0 Å². The lowest BCUT2D eigenvalue weighted by molar-refractivity contribution is 0.00580. The van der Waals surface area contributed by atoms with Crippen LogP contribution in [0.25, 0.3) is 0 Å². The van der Waals surface area contributed by atoms with Gasteiger partial charge in [-0.1, -0.05) is 19.8 Å². The van der Waals surface area contributed by atoms with Gasteiger partial charge < -0.3 is 14.5 Å². The topological polar surface area (TPSA) is 32.8 Å². The highest BCUT2D eigenvalue weighted by atomic mass is 16.5. The van der Waals surface area contributed by atoms with Gasteiger partial charge in [-0.2, -0.15) is 0 Å². The molecular weight excluding hydrogens is 240 g/mol. The van der Waals surface area contributed by atoms with E-state index in [0.717, 1.165) is 64.9 Å². The number of amides is 2. The summed E-state index contributed by atoms with van der Waals surface area (Å²) in [6.45, 7) is 6.52. The summed E-state index contributed by atoms with van der Waals surface area (Å²) >= 11 is 0. The first-order valence-corrected chi connectivity index (χ1v) is 7.96. The predicted molar refractivity (Wildman–Crippen MR) is 76.3 cm³/mol. The van der Waals surface area contributed by atoms with Crippen LogP contribution in [0.4, 0.5) is 4.79 Å². The van der Waals surface area contributed by atoms with Gasteiger partial charge in [-0.25, -0.2) is 4.79 Å². The summed E-state index contributed by atoms with van der Waals surface area (Å²) in [5, 5.41) is 0. The van der Waals surface area contributed by atoms with Crippen molar-refractivity contribution < 1.29 is 9.53 Å². The second-order valence-corrected chi connectivity index (χ2v) is 5.76. The number of urea groups is 1. The van der Waals surface area contributed by atoms with Crippen LogP contribution in [0.3, 0.4) is 0 Å². The van der Waals surface area contributed by atoms with Crippen LogP contribution in [0, 0.1) is 0 Å². The Kier molecular flexibility index (Phi) is 5.95. The third kappa shape index (κ3) is 4.37. The van der Waals surface area contributed by atoms with Crippen molar-refractivity contribution in [3.8, 4) is 0 Å². The largest absolute Gasteiger partial charge is 0.376 e. The summed E-state index contributed by atoms with van der Waals surface area (Å²) in [5.41, 5.74) is 0. The first-order valence-electron chi connectivity index (χ1n) is 7.96. The fourth-order valence-electron chi connectivity index (χ4n) is 2.99. The van der Waals surface area contributed by atoms with Crippen molar-refractivity contribution in [2.75, 3.05) is 32.8 Å². The lowest BCUT2D eigenvalue weighted by atomic mass is 10.1. The number of rotatable bonds is 3. The minimum atomic E-state index is 0.242. The highest BCUT2D eigenvalue weighted by molar-refractivity contribution is 5.74. The maximum atomic E-state index is 12.5. The van der Waals surface area contributed by atoms with Crippen LogP contribution < -0.4 is 0 Å². The van der Waals surface area contributed by atoms with Crippen LogP contribution in [0.15, 0.2) is 0 Å². The number of carbonyl (C=O) groups is 1. The minimum Gasteiger partial charge on any atom is -0.376 e. The molecule has 0 aromatic rings. The van der Waals surface area contributed by atoms with E-state index in [9.17, 15) is 4.79 Å². The van der Waals surface area contributed by atoms with Gasteiger partial charge in [0.2, 0.25) is 0 Å². The van der Waals surface area contributed by atoms with Gasteiger partial charge in [0.15, 0.2) is 0 Å². The molecule has 110 valence electrons. The first kappa shape index (κ1) is 14.6. The Balaban J connectivity index is 1.83. The summed E-state index contributed by atoms with van der Waals surface area (Å²) in [7, 11) is 0. The van der Waals surface area contributed by atoms with Crippen molar-refractivity contribution in [2.45, 2.75) is 58.0 Å². The third-order valence-electron chi connectivity index (χ3n) is 4.08. The molecule has 1 unspecified atom stereocenters. The standard InChI is InChI=1S/C15H28N2O2/c1-2-12-19-14-8-7-11-17(13-14)15(18)16-9-5-3-4-6-10-16/h14H,2-13H2,1H3. The predicted octanol–water partition coefficient (Wildman–Crippen LogP) is 2.87. The van der Waals surface area contributed by atoms with Gasteiger partial charge in [-0.05, 0) is 32.1 Å². The average molecular weight is 268 g/mol. The number of nitrogens with zero attached hydrogens (tertiary/aromatic N) is 2. The molecule has 0 aromatic carbocycles. The summed E-state index contributed by atoms with van der Waals surface area (Å²) in [5.74, 6) is 0. The zero-order valence-electron chi connectivity index (χ0n) is 12.3. The molecule has 2 amide bonds. The van der Waals surface area contributed by atoms with E-state index in [4.69, 9.17) is 4.74 Å². The fraction of sp³-hybridized carbons (Fsp3) is 0.933. The van der Waals surface area contributed by atoms with Crippen LogP contribution in [-0.2, 0) is 4.74 Å². The van der Waals surface area contributed by atoms with E-state index in [2.05, 4.69) is 11.8 Å². The zero-order valence-corrected chi connectivity index (χ0v) is 12.3. The Bertz CT molecular complexity index is 275. The molecule has 0 spiro atoms. The fourth-order valence-corrected chi connectivity index (χ4v) is 2.99. The van der Waals surface area contributed by atoms with E-state index < -0.39 is 0 Å². The highest BCUT2D eigenvalue weighted by Gasteiger charge is 2.27. The Morgan fingerprint density at radius 2 is 1.74 bits per heavy atom. The zero-order chi connectivity index (χ0) is 13.5. The molecule has 0 aromatic heterocycles. The van der Waals surface area contributed by atoms with Gasteiger partial charge >= 0.3 is 6.03 Å². The summed E-state index contributed by atoms with van der Waals surface area (Å²) in [6, 6.07) is 0.242. The molecule has 2 aliphatic rings. The monoisotopic (exact) mass is 268 g/mol. The smallest absolute Gasteiger partial charge is 0.320 e. The van der Waals surface area contributed by atoms with E-state index in [1.807, 2.05) is 4.90 Å². The van der Waals surface area contributed by atoms with Crippen LogP contribution in [0.1, 0.15) is 51.9 Å². The number of carbonyl (C=O) groups excluding carboxylic acids is 1. The molecule has 19 heavy (non-hydrogen) atoms. The van der Waals surface area contributed by atoms with Gasteiger partial charge in [0.25, 0.3) is 0 Å². The first-order chi connectivity index (χ1) is 9.31. The molecule has 2 fully saturated rings. The lowest BCUT2D eigenvalue weighted by Gasteiger charge is -2.36. The molecular formula is C15H28N2O2. The van der Waals surface area contributed by atoms with E-state index in [1.54, 1.807) is 0 Å². The number of ether oxygens (including phenoxy) is 1. The van der Waals surface area contributed by atoms with Gasteiger partial charge in [0.05, 0.1) is 6.10 Å². The second kappa shape index (κ2) is 7.73. The van der Waals surface area contributed by atoms with Crippen molar-refractivity contribution in [1.82, 2.24) is 9.80 Å². The number of hydrogen-bond donors (Lipinski definition) is 0. The van der Waals surface area contributed by atoms with Crippen LogP contribution in [-0.4, -0.2) is 54.7 Å². The van der Waals surface area contributed by atoms with E-state index in [1.165, 1.54) is 12.8 Å². The summed E-state index contributed by atoms with van der Waals surface area (Å²) in [4.78, 5) is 16.6. The molecule has 0 radical (unpaired) electrons. The van der Waals surface area contributed by atoms with Gasteiger partial charge in [0.1, 0.15) is 0 Å². The molecule has 4 heteroatoms. The van der Waals surface area contributed by atoms with E-state index >= 15 is 0 Å². The molecule has 2 saturated heterocycles. The molecule has 0 aliphatic carbocycles. The number of likely N-dealkylation sites (tertiary alicyclic amines) is 2. The van der Waals surface area contributed by atoms with Crippen molar-refractivity contribution in [3.05, 3.63) is 0 Å². The van der Waals surface area contributed by atoms with Crippen molar-refractivity contribution in [2.24, 2.45) is 0 Å². The number of hydrogen-bond acceptors (Lipinski definition) is 2. The molecule has 0 saturated carbocycles. The van der Waals surface area contributed by atoms with Crippen LogP contribution >= 0.6 is 0 Å². The van der Waals surface area contributed by atoms with Crippen molar-refractivity contribution in [1.29, 1.82) is 0 Å². The molecule has 2 rings (SSSR count). The van der Waals surface area contributed by atoms with Gasteiger partial charge in [-0.15, -0.1) is 0 Å². The molecule has 0 bridgehead atoms. The maximum absolute atomic E-state index is 12.5. The summed E-state index contributed by atoms with van der Waals surface area (Å²) < 4.78 is 5.81. The lowest BCUT2D eigenvalue weighted by Crippen LogP contribution is -2.49. The Morgan fingerprint density at radius 1 is 1.05 bits per heavy atom.